The summed E-state index contributed by atoms with van der Waals surface area (Å²) in [6, 6.07) is 0. The molecule has 312 valence electrons. The van der Waals surface area contributed by atoms with E-state index in [1.807, 2.05) is 0 Å². The SMILES string of the molecule is CCCCCCCC/C=C\CCCCCCCCOCC(COCCCCCCCC/C=C\CCCCCCCC)OC(=O)CCCN1CCNCC1. The maximum absolute atomic E-state index is 12.7. The van der Waals surface area contributed by atoms with Crippen LogP contribution >= 0.6 is 0 Å². The Labute approximate surface area is 330 Å². The van der Waals surface area contributed by atoms with Gasteiger partial charge in [0.25, 0.3) is 0 Å². The molecule has 1 N–H and O–H groups in total. The largest absolute Gasteiger partial charge is 0.457 e. The van der Waals surface area contributed by atoms with Crippen LogP contribution in [0.15, 0.2) is 24.3 Å². The average Bonchev–Trinajstić information content (AvgIpc) is 3.17. The summed E-state index contributed by atoms with van der Waals surface area (Å²) in [4.78, 5) is 15.1. The fraction of sp³-hybridized carbons (Fsp3) is 0.894. The van der Waals surface area contributed by atoms with Crippen molar-refractivity contribution < 1.29 is 19.0 Å². The summed E-state index contributed by atoms with van der Waals surface area (Å²) in [5, 5.41) is 3.39. The van der Waals surface area contributed by atoms with E-state index in [2.05, 4.69) is 48.4 Å². The van der Waals surface area contributed by atoms with Gasteiger partial charge in [-0.1, -0.05) is 154 Å². The molecule has 0 unspecified atom stereocenters. The van der Waals surface area contributed by atoms with Crippen LogP contribution in [0, 0.1) is 0 Å². The number of carbonyl (C=O) groups excluding carboxylic acids is 1. The number of hydrogen-bond donors (Lipinski definition) is 1. The number of rotatable bonds is 41. The molecule has 1 saturated heterocycles. The van der Waals surface area contributed by atoms with Gasteiger partial charge >= 0.3 is 5.97 Å². The van der Waals surface area contributed by atoms with E-state index in [1.165, 1.54) is 167 Å². The lowest BCUT2D eigenvalue weighted by Crippen LogP contribution is -2.43. The molecule has 6 nitrogen and oxygen atoms in total. The van der Waals surface area contributed by atoms with Crippen molar-refractivity contribution >= 4 is 5.97 Å². The highest BCUT2D eigenvalue weighted by Crippen LogP contribution is 2.12. The third-order valence-corrected chi connectivity index (χ3v) is 10.6. The molecule has 0 spiro atoms. The first-order valence-electron chi connectivity index (χ1n) is 23.3. The van der Waals surface area contributed by atoms with E-state index in [0.29, 0.717) is 19.6 Å². The molecule has 0 bridgehead atoms. The van der Waals surface area contributed by atoms with Crippen LogP contribution in [0.3, 0.4) is 0 Å². The fourth-order valence-electron chi connectivity index (χ4n) is 7.08. The lowest BCUT2D eigenvalue weighted by molar-refractivity contribution is -0.156. The van der Waals surface area contributed by atoms with Gasteiger partial charge in [-0.05, 0) is 77.2 Å². The molecular formula is C47H90N2O4. The molecule has 1 rings (SSSR count). The Bertz CT molecular complexity index is 751. The molecule has 1 heterocycles. The third-order valence-electron chi connectivity index (χ3n) is 10.6. The summed E-state index contributed by atoms with van der Waals surface area (Å²) in [6.07, 6.45) is 47.1. The predicted octanol–water partition coefficient (Wildman–Crippen LogP) is 12.7. The van der Waals surface area contributed by atoms with Gasteiger partial charge in [-0.2, -0.15) is 0 Å². The van der Waals surface area contributed by atoms with E-state index < -0.39 is 0 Å². The normalized spacial score (nSPS) is 14.0. The maximum atomic E-state index is 12.7. The highest BCUT2D eigenvalue weighted by Gasteiger charge is 2.16. The zero-order valence-corrected chi connectivity index (χ0v) is 35.5. The number of ether oxygens (including phenoxy) is 3. The number of carbonyl (C=O) groups is 1. The fourth-order valence-corrected chi connectivity index (χ4v) is 7.08. The van der Waals surface area contributed by atoms with Crippen molar-refractivity contribution in [1.82, 2.24) is 10.2 Å². The quantitative estimate of drug-likeness (QED) is 0.0382. The molecule has 0 amide bonds. The second kappa shape index (κ2) is 41.9. The average molecular weight is 747 g/mol. The van der Waals surface area contributed by atoms with Crippen LogP contribution in [0.1, 0.15) is 206 Å². The standard InChI is InChI=1S/C47H90N2O4/c1-3-5-7-9-11-13-15-17-19-21-23-25-27-29-31-33-42-51-44-46(53-47(50)36-35-39-49-40-37-48-38-41-49)45-52-43-34-32-30-28-26-24-22-20-18-16-14-12-10-8-6-4-2/h17-20,46,48H,3-16,21-45H2,1-2H3/b19-17-,20-18-. The zero-order valence-electron chi connectivity index (χ0n) is 35.5. The highest BCUT2D eigenvalue weighted by atomic mass is 16.6. The van der Waals surface area contributed by atoms with Crippen LogP contribution in [0.2, 0.25) is 0 Å². The first kappa shape index (κ1) is 49.8. The molecule has 6 heteroatoms. The van der Waals surface area contributed by atoms with E-state index in [4.69, 9.17) is 14.2 Å². The molecule has 0 aromatic rings. The molecule has 0 atom stereocenters. The molecule has 0 radical (unpaired) electrons. The maximum Gasteiger partial charge on any atom is 0.306 e. The van der Waals surface area contributed by atoms with Gasteiger partial charge < -0.3 is 24.4 Å². The third kappa shape index (κ3) is 37.5. The highest BCUT2D eigenvalue weighted by molar-refractivity contribution is 5.69. The van der Waals surface area contributed by atoms with Gasteiger partial charge in [-0.3, -0.25) is 4.79 Å². The lowest BCUT2D eigenvalue weighted by atomic mass is 10.1. The Kier molecular flexibility index (Phi) is 39.4. The van der Waals surface area contributed by atoms with E-state index >= 15 is 0 Å². The lowest BCUT2D eigenvalue weighted by Gasteiger charge is -2.27. The van der Waals surface area contributed by atoms with E-state index in [0.717, 1.165) is 65.2 Å². The first-order valence-corrected chi connectivity index (χ1v) is 23.3. The molecule has 0 aliphatic carbocycles. The van der Waals surface area contributed by atoms with Crippen molar-refractivity contribution in [3.63, 3.8) is 0 Å². The smallest absolute Gasteiger partial charge is 0.306 e. The van der Waals surface area contributed by atoms with Crippen molar-refractivity contribution in [2.45, 2.75) is 213 Å². The zero-order chi connectivity index (χ0) is 38.0. The minimum Gasteiger partial charge on any atom is -0.457 e. The Morgan fingerprint density at radius 2 is 0.906 bits per heavy atom. The van der Waals surface area contributed by atoms with Crippen LogP contribution < -0.4 is 5.32 Å². The first-order chi connectivity index (χ1) is 26.3. The molecule has 0 saturated carbocycles. The van der Waals surface area contributed by atoms with Crippen LogP contribution in [0.4, 0.5) is 0 Å². The molecule has 1 aliphatic heterocycles. The Morgan fingerprint density at radius 3 is 1.32 bits per heavy atom. The molecule has 0 aromatic carbocycles. The second-order valence-electron chi connectivity index (χ2n) is 15.8. The summed E-state index contributed by atoms with van der Waals surface area (Å²) in [5.41, 5.74) is 0. The summed E-state index contributed by atoms with van der Waals surface area (Å²) in [7, 11) is 0. The summed E-state index contributed by atoms with van der Waals surface area (Å²) in [6.45, 7) is 12.0. The van der Waals surface area contributed by atoms with Crippen LogP contribution in [-0.4, -0.2) is 76.1 Å². The summed E-state index contributed by atoms with van der Waals surface area (Å²) >= 11 is 0. The number of piperazine rings is 1. The number of nitrogens with one attached hydrogen (secondary N) is 1. The van der Waals surface area contributed by atoms with Gasteiger partial charge in [0.2, 0.25) is 0 Å². The van der Waals surface area contributed by atoms with Crippen LogP contribution in [0.25, 0.3) is 0 Å². The Balaban J connectivity index is 2.11. The number of allylic oxidation sites excluding steroid dienone is 4. The van der Waals surface area contributed by atoms with Crippen LogP contribution in [-0.2, 0) is 19.0 Å². The van der Waals surface area contributed by atoms with Crippen molar-refractivity contribution in [3.8, 4) is 0 Å². The Hall–Kier alpha value is -1.21. The summed E-state index contributed by atoms with van der Waals surface area (Å²) in [5.74, 6) is -0.119. The predicted molar refractivity (Wildman–Crippen MR) is 229 cm³/mol. The van der Waals surface area contributed by atoms with Gasteiger partial charge in [0.05, 0.1) is 13.2 Å². The topological polar surface area (TPSA) is 60.0 Å². The molecule has 0 aromatic heterocycles. The summed E-state index contributed by atoms with van der Waals surface area (Å²) < 4.78 is 17.9. The number of esters is 1. The van der Waals surface area contributed by atoms with Gasteiger partial charge in [0.1, 0.15) is 6.10 Å². The van der Waals surface area contributed by atoms with E-state index in [1.54, 1.807) is 0 Å². The minimum atomic E-state index is -0.315. The molecule has 1 fully saturated rings. The number of nitrogens with zero attached hydrogens (tertiary/aromatic N) is 1. The monoisotopic (exact) mass is 747 g/mol. The number of hydrogen-bond acceptors (Lipinski definition) is 6. The minimum absolute atomic E-state index is 0.119. The van der Waals surface area contributed by atoms with Gasteiger partial charge in [-0.25, -0.2) is 0 Å². The van der Waals surface area contributed by atoms with Gasteiger partial charge in [0, 0.05) is 45.8 Å². The van der Waals surface area contributed by atoms with E-state index in [-0.39, 0.29) is 12.1 Å². The second-order valence-corrected chi connectivity index (χ2v) is 15.8. The molecule has 53 heavy (non-hydrogen) atoms. The van der Waals surface area contributed by atoms with Crippen molar-refractivity contribution in [2.75, 3.05) is 59.2 Å². The molecular weight excluding hydrogens is 657 g/mol. The van der Waals surface area contributed by atoms with Gasteiger partial charge in [0.15, 0.2) is 0 Å². The van der Waals surface area contributed by atoms with Crippen LogP contribution in [0.5, 0.6) is 0 Å². The number of unbranched alkanes of at least 4 members (excludes halogenated alkanes) is 24. The van der Waals surface area contributed by atoms with Crippen molar-refractivity contribution in [1.29, 1.82) is 0 Å². The van der Waals surface area contributed by atoms with Crippen molar-refractivity contribution in [2.24, 2.45) is 0 Å². The van der Waals surface area contributed by atoms with Gasteiger partial charge in [-0.15, -0.1) is 0 Å². The van der Waals surface area contributed by atoms with Crippen molar-refractivity contribution in [3.05, 3.63) is 24.3 Å². The van der Waals surface area contributed by atoms with E-state index in [9.17, 15) is 4.79 Å². The Morgan fingerprint density at radius 1 is 0.528 bits per heavy atom. The molecule has 1 aliphatic rings.